The van der Waals surface area contributed by atoms with E-state index in [1.807, 2.05) is 24.5 Å². The third kappa shape index (κ3) is 1.75. The SMILES string of the molecule is C#Cc1cccc(C2C=CN=CC2)c1. The van der Waals surface area contributed by atoms with Crippen molar-refractivity contribution in [1.82, 2.24) is 0 Å². The molecule has 0 spiro atoms. The number of hydrogen-bond acceptors (Lipinski definition) is 1. The third-order valence-corrected chi connectivity index (χ3v) is 2.35. The molecular formula is C13H11N. The zero-order chi connectivity index (χ0) is 9.80. The lowest BCUT2D eigenvalue weighted by Crippen LogP contribution is -1.99. The van der Waals surface area contributed by atoms with Gasteiger partial charge in [-0.15, -0.1) is 6.42 Å². The molecule has 0 N–H and O–H groups in total. The van der Waals surface area contributed by atoms with E-state index in [1.165, 1.54) is 5.56 Å². The zero-order valence-electron chi connectivity index (χ0n) is 7.85. The van der Waals surface area contributed by atoms with E-state index in [-0.39, 0.29) is 0 Å². The smallest absolute Gasteiger partial charge is 0.0245 e. The first-order valence-corrected chi connectivity index (χ1v) is 4.65. The quantitative estimate of drug-likeness (QED) is 0.591. The highest BCUT2D eigenvalue weighted by Gasteiger charge is 2.08. The summed E-state index contributed by atoms with van der Waals surface area (Å²) >= 11 is 0. The summed E-state index contributed by atoms with van der Waals surface area (Å²) in [6, 6.07) is 8.12. The number of allylic oxidation sites excluding steroid dienone is 1. The van der Waals surface area contributed by atoms with E-state index in [4.69, 9.17) is 6.42 Å². The molecule has 14 heavy (non-hydrogen) atoms. The van der Waals surface area contributed by atoms with Crippen molar-refractivity contribution in [3.8, 4) is 12.3 Å². The summed E-state index contributed by atoms with van der Waals surface area (Å²) in [7, 11) is 0. The van der Waals surface area contributed by atoms with E-state index in [2.05, 4.69) is 29.1 Å². The molecule has 0 fully saturated rings. The van der Waals surface area contributed by atoms with E-state index >= 15 is 0 Å². The Morgan fingerprint density at radius 1 is 1.43 bits per heavy atom. The Morgan fingerprint density at radius 2 is 2.36 bits per heavy atom. The molecule has 1 aliphatic rings. The maximum atomic E-state index is 5.35. The summed E-state index contributed by atoms with van der Waals surface area (Å²) in [4.78, 5) is 4.05. The molecule has 68 valence electrons. The second kappa shape index (κ2) is 3.93. The van der Waals surface area contributed by atoms with Crippen molar-refractivity contribution < 1.29 is 0 Å². The summed E-state index contributed by atoms with van der Waals surface area (Å²) in [5.74, 6) is 3.08. The van der Waals surface area contributed by atoms with Crippen molar-refractivity contribution in [2.45, 2.75) is 12.3 Å². The van der Waals surface area contributed by atoms with Crippen LogP contribution in [-0.2, 0) is 0 Å². The molecule has 1 aliphatic heterocycles. The minimum Gasteiger partial charge on any atom is -0.269 e. The molecule has 0 saturated carbocycles. The summed E-state index contributed by atoms with van der Waals surface area (Å²) in [6.07, 6.45) is 12.2. The van der Waals surface area contributed by atoms with Crippen molar-refractivity contribution in [3.05, 3.63) is 47.7 Å². The van der Waals surface area contributed by atoms with Gasteiger partial charge in [-0.3, -0.25) is 4.99 Å². The van der Waals surface area contributed by atoms with Crippen LogP contribution in [0.4, 0.5) is 0 Å². The van der Waals surface area contributed by atoms with Crippen LogP contribution in [0.15, 0.2) is 41.5 Å². The van der Waals surface area contributed by atoms with Gasteiger partial charge in [-0.1, -0.05) is 24.1 Å². The maximum Gasteiger partial charge on any atom is 0.0245 e. The van der Waals surface area contributed by atoms with Crippen LogP contribution < -0.4 is 0 Å². The summed E-state index contributed by atoms with van der Waals surface area (Å²) in [5, 5.41) is 0. The summed E-state index contributed by atoms with van der Waals surface area (Å²) < 4.78 is 0. The van der Waals surface area contributed by atoms with Gasteiger partial charge in [-0.25, -0.2) is 0 Å². The lowest BCUT2D eigenvalue weighted by molar-refractivity contribution is 0.887. The van der Waals surface area contributed by atoms with Gasteiger partial charge in [-0.2, -0.15) is 0 Å². The number of terminal acetylenes is 1. The highest BCUT2D eigenvalue weighted by Crippen LogP contribution is 2.23. The fraction of sp³-hybridized carbons (Fsp3) is 0.154. The largest absolute Gasteiger partial charge is 0.269 e. The summed E-state index contributed by atoms with van der Waals surface area (Å²) in [5.41, 5.74) is 2.21. The molecule has 0 radical (unpaired) electrons. The molecule has 0 aliphatic carbocycles. The summed E-state index contributed by atoms with van der Waals surface area (Å²) in [6.45, 7) is 0. The van der Waals surface area contributed by atoms with Crippen LogP contribution in [0.5, 0.6) is 0 Å². The Bertz CT molecular complexity index is 421. The van der Waals surface area contributed by atoms with E-state index in [1.54, 1.807) is 0 Å². The molecule has 1 aromatic carbocycles. The molecule has 1 unspecified atom stereocenters. The van der Waals surface area contributed by atoms with Gasteiger partial charge in [0, 0.05) is 23.9 Å². The molecule has 2 rings (SSSR count). The predicted octanol–water partition coefficient (Wildman–Crippen LogP) is 2.74. The predicted molar refractivity (Wildman–Crippen MR) is 59.4 cm³/mol. The standard InChI is InChI=1S/C13H11N/c1-2-11-4-3-5-13(10-11)12-6-8-14-9-7-12/h1,3-6,8-10,12H,7H2. The Kier molecular flexibility index (Phi) is 2.46. The van der Waals surface area contributed by atoms with Crippen molar-refractivity contribution in [1.29, 1.82) is 0 Å². The fourth-order valence-electron chi connectivity index (χ4n) is 1.57. The van der Waals surface area contributed by atoms with Crippen LogP contribution in [-0.4, -0.2) is 6.21 Å². The molecular weight excluding hydrogens is 170 g/mol. The van der Waals surface area contributed by atoms with Crippen LogP contribution in [0.2, 0.25) is 0 Å². The van der Waals surface area contributed by atoms with Crippen molar-refractivity contribution >= 4 is 6.21 Å². The van der Waals surface area contributed by atoms with Gasteiger partial charge in [-0.05, 0) is 24.1 Å². The number of aliphatic imine (C=N–C) groups is 1. The van der Waals surface area contributed by atoms with Gasteiger partial charge in [0.15, 0.2) is 0 Å². The van der Waals surface area contributed by atoms with E-state index in [0.29, 0.717) is 5.92 Å². The highest BCUT2D eigenvalue weighted by molar-refractivity contribution is 5.62. The van der Waals surface area contributed by atoms with Crippen molar-refractivity contribution in [2.24, 2.45) is 4.99 Å². The van der Waals surface area contributed by atoms with Gasteiger partial charge in [0.05, 0.1) is 0 Å². The lowest BCUT2D eigenvalue weighted by atomic mass is 9.94. The average molecular weight is 181 g/mol. The van der Waals surface area contributed by atoms with Gasteiger partial charge in [0.25, 0.3) is 0 Å². The first-order chi connectivity index (χ1) is 6.90. The second-order valence-corrected chi connectivity index (χ2v) is 3.29. The zero-order valence-corrected chi connectivity index (χ0v) is 7.85. The normalized spacial score (nSPS) is 19.2. The number of nitrogens with zero attached hydrogens (tertiary/aromatic N) is 1. The van der Waals surface area contributed by atoms with Crippen LogP contribution in [0.25, 0.3) is 0 Å². The molecule has 0 saturated heterocycles. The topological polar surface area (TPSA) is 12.4 Å². The Hall–Kier alpha value is -1.81. The minimum absolute atomic E-state index is 0.431. The van der Waals surface area contributed by atoms with Gasteiger partial charge < -0.3 is 0 Å². The van der Waals surface area contributed by atoms with E-state index in [0.717, 1.165) is 12.0 Å². The Labute approximate surface area is 84.2 Å². The van der Waals surface area contributed by atoms with E-state index in [9.17, 15) is 0 Å². The molecule has 1 atom stereocenters. The average Bonchev–Trinajstić information content (AvgIpc) is 2.30. The highest BCUT2D eigenvalue weighted by atomic mass is 14.7. The Morgan fingerprint density at radius 3 is 3.07 bits per heavy atom. The van der Waals surface area contributed by atoms with E-state index < -0.39 is 0 Å². The van der Waals surface area contributed by atoms with Crippen LogP contribution in [0, 0.1) is 12.3 Å². The van der Waals surface area contributed by atoms with Crippen LogP contribution in [0.1, 0.15) is 23.5 Å². The van der Waals surface area contributed by atoms with Gasteiger partial charge in [0.1, 0.15) is 0 Å². The molecule has 1 nitrogen and oxygen atoms in total. The fourth-order valence-corrected chi connectivity index (χ4v) is 1.57. The Balaban J connectivity index is 2.28. The number of benzene rings is 1. The first-order valence-electron chi connectivity index (χ1n) is 4.65. The van der Waals surface area contributed by atoms with Crippen LogP contribution >= 0.6 is 0 Å². The molecule has 0 aromatic heterocycles. The second-order valence-electron chi connectivity index (χ2n) is 3.29. The van der Waals surface area contributed by atoms with Crippen molar-refractivity contribution in [3.63, 3.8) is 0 Å². The van der Waals surface area contributed by atoms with Gasteiger partial charge in [0.2, 0.25) is 0 Å². The van der Waals surface area contributed by atoms with Crippen LogP contribution in [0.3, 0.4) is 0 Å². The number of rotatable bonds is 1. The van der Waals surface area contributed by atoms with Crippen molar-refractivity contribution in [2.75, 3.05) is 0 Å². The molecule has 1 aromatic rings. The number of hydrogen-bond donors (Lipinski definition) is 0. The third-order valence-electron chi connectivity index (χ3n) is 2.35. The first kappa shape index (κ1) is 8.77. The maximum absolute atomic E-state index is 5.35. The lowest BCUT2D eigenvalue weighted by Gasteiger charge is -2.12. The molecule has 0 amide bonds. The molecule has 1 heteroatoms. The molecule has 0 bridgehead atoms. The molecule has 1 heterocycles. The van der Waals surface area contributed by atoms with Gasteiger partial charge >= 0.3 is 0 Å². The minimum atomic E-state index is 0.431. The monoisotopic (exact) mass is 181 g/mol.